The molecule has 0 aliphatic rings. The van der Waals surface area contributed by atoms with Crippen molar-refractivity contribution in [2.75, 3.05) is 18.6 Å². The lowest BCUT2D eigenvalue weighted by atomic mass is 10.3. The second-order valence-electron chi connectivity index (χ2n) is 2.96. The minimum atomic E-state index is 0.375. The van der Waals surface area contributed by atoms with Crippen LogP contribution in [-0.2, 0) is 7.05 Å². The number of hydrogen-bond acceptors (Lipinski definition) is 3. The zero-order chi connectivity index (χ0) is 9.68. The molecule has 0 aliphatic heterocycles. The highest BCUT2D eigenvalue weighted by Crippen LogP contribution is 2.14. The summed E-state index contributed by atoms with van der Waals surface area (Å²) in [6.45, 7) is 3.11. The van der Waals surface area contributed by atoms with Gasteiger partial charge >= 0.3 is 0 Å². The van der Waals surface area contributed by atoms with Gasteiger partial charge in [0.2, 0.25) is 0 Å². The molecule has 1 atom stereocenters. The van der Waals surface area contributed by atoms with Crippen LogP contribution in [0, 0.1) is 0 Å². The minimum absolute atomic E-state index is 0.375. The summed E-state index contributed by atoms with van der Waals surface area (Å²) in [5.74, 6) is 2.19. The van der Waals surface area contributed by atoms with Crippen molar-refractivity contribution in [2.24, 2.45) is 7.05 Å². The van der Waals surface area contributed by atoms with Gasteiger partial charge in [-0.05, 0) is 12.8 Å². The second-order valence-corrected chi connectivity index (χ2v) is 3.87. The Kier molecular flexibility index (Phi) is 4.32. The van der Waals surface area contributed by atoms with E-state index >= 15 is 0 Å². The number of rotatable bonds is 5. The van der Waals surface area contributed by atoms with E-state index in [1.54, 1.807) is 0 Å². The highest BCUT2D eigenvalue weighted by atomic mass is 32.2. The maximum atomic E-state index is 4.34. The molecule has 1 aromatic heterocycles. The summed E-state index contributed by atoms with van der Waals surface area (Å²) in [6, 6.07) is 0.375. The molecule has 1 rings (SSSR count). The Morgan fingerprint density at radius 1 is 1.69 bits per heavy atom. The van der Waals surface area contributed by atoms with Crippen molar-refractivity contribution >= 4 is 11.8 Å². The molecule has 0 bridgehead atoms. The number of imidazole rings is 1. The van der Waals surface area contributed by atoms with Crippen molar-refractivity contribution in [1.82, 2.24) is 14.9 Å². The van der Waals surface area contributed by atoms with Crippen LogP contribution in [0.4, 0.5) is 0 Å². The zero-order valence-corrected chi connectivity index (χ0v) is 9.27. The largest absolute Gasteiger partial charge is 0.337 e. The smallest absolute Gasteiger partial charge is 0.126 e. The normalized spacial score (nSPS) is 13.2. The molecule has 1 unspecified atom stereocenters. The minimum Gasteiger partial charge on any atom is -0.337 e. The van der Waals surface area contributed by atoms with Crippen LogP contribution in [0.2, 0.25) is 0 Å². The lowest BCUT2D eigenvalue weighted by Gasteiger charge is -2.16. The predicted octanol–water partition coefficient (Wildman–Crippen LogP) is 1.43. The summed E-state index contributed by atoms with van der Waals surface area (Å²) < 4.78 is 2.07. The lowest BCUT2D eigenvalue weighted by molar-refractivity contribution is 0.555. The van der Waals surface area contributed by atoms with Gasteiger partial charge in [0, 0.05) is 25.2 Å². The predicted molar refractivity (Wildman–Crippen MR) is 58.0 cm³/mol. The van der Waals surface area contributed by atoms with Crippen molar-refractivity contribution in [3.63, 3.8) is 0 Å². The number of hydrogen-bond donors (Lipinski definition) is 1. The molecule has 4 heteroatoms. The molecule has 1 N–H and O–H groups in total. The van der Waals surface area contributed by atoms with Gasteiger partial charge in [0.15, 0.2) is 0 Å². The highest BCUT2D eigenvalue weighted by molar-refractivity contribution is 7.98. The Morgan fingerprint density at radius 2 is 2.46 bits per heavy atom. The molecule has 0 aliphatic carbocycles. The molecule has 0 spiro atoms. The molecule has 0 aromatic carbocycles. The van der Waals surface area contributed by atoms with Crippen molar-refractivity contribution in [1.29, 1.82) is 0 Å². The third-order valence-electron chi connectivity index (χ3n) is 1.95. The molecule has 1 aromatic rings. The monoisotopic (exact) mass is 199 g/mol. The van der Waals surface area contributed by atoms with E-state index in [9.17, 15) is 0 Å². The average molecular weight is 199 g/mol. The average Bonchev–Trinajstić information content (AvgIpc) is 2.51. The van der Waals surface area contributed by atoms with E-state index < -0.39 is 0 Å². The number of aryl methyl sites for hydroxylation is 1. The highest BCUT2D eigenvalue weighted by Gasteiger charge is 2.13. The van der Waals surface area contributed by atoms with Gasteiger partial charge in [-0.3, -0.25) is 0 Å². The summed E-state index contributed by atoms with van der Waals surface area (Å²) in [5.41, 5.74) is 0. The Labute approximate surface area is 83.9 Å². The number of thioether (sulfide) groups is 1. The summed E-state index contributed by atoms with van der Waals surface area (Å²) >= 11 is 1.84. The van der Waals surface area contributed by atoms with Gasteiger partial charge in [-0.15, -0.1) is 0 Å². The standard InChI is InChI=1S/C9H17N3S/c1-4-10-8(7-13-3)9-11-5-6-12(9)2/h5-6,8,10H,4,7H2,1-3H3. The van der Waals surface area contributed by atoms with Gasteiger partial charge in [-0.1, -0.05) is 6.92 Å². The maximum absolute atomic E-state index is 4.34. The molecule has 74 valence electrons. The zero-order valence-electron chi connectivity index (χ0n) is 8.45. The molecular formula is C9H17N3S. The Hall–Kier alpha value is -0.480. The van der Waals surface area contributed by atoms with Gasteiger partial charge in [-0.2, -0.15) is 11.8 Å². The summed E-state index contributed by atoms with van der Waals surface area (Å²) in [6.07, 6.45) is 5.95. The van der Waals surface area contributed by atoms with E-state index in [4.69, 9.17) is 0 Å². The fraction of sp³-hybridized carbons (Fsp3) is 0.667. The second kappa shape index (κ2) is 5.29. The fourth-order valence-corrected chi connectivity index (χ4v) is 1.95. The van der Waals surface area contributed by atoms with E-state index in [2.05, 4.69) is 28.0 Å². The van der Waals surface area contributed by atoms with Crippen molar-refractivity contribution in [3.8, 4) is 0 Å². The van der Waals surface area contributed by atoms with Gasteiger partial charge in [0.25, 0.3) is 0 Å². The van der Waals surface area contributed by atoms with E-state index in [1.807, 2.05) is 31.2 Å². The van der Waals surface area contributed by atoms with Crippen LogP contribution in [0.25, 0.3) is 0 Å². The van der Waals surface area contributed by atoms with Crippen LogP contribution in [0.5, 0.6) is 0 Å². The summed E-state index contributed by atoms with van der Waals surface area (Å²) in [7, 11) is 2.03. The van der Waals surface area contributed by atoms with E-state index in [0.29, 0.717) is 6.04 Å². The Balaban J connectivity index is 2.69. The molecule has 3 nitrogen and oxygen atoms in total. The number of aromatic nitrogens is 2. The molecule has 13 heavy (non-hydrogen) atoms. The van der Waals surface area contributed by atoms with Crippen LogP contribution in [0.1, 0.15) is 18.8 Å². The molecule has 1 heterocycles. The first kappa shape index (κ1) is 10.6. The van der Waals surface area contributed by atoms with Gasteiger partial charge in [0.05, 0.1) is 6.04 Å². The van der Waals surface area contributed by atoms with E-state index in [1.165, 1.54) is 0 Å². The van der Waals surface area contributed by atoms with E-state index in [-0.39, 0.29) is 0 Å². The molecular weight excluding hydrogens is 182 g/mol. The quantitative estimate of drug-likeness (QED) is 0.778. The Bertz CT molecular complexity index is 241. The first-order chi connectivity index (χ1) is 6.29. The summed E-state index contributed by atoms with van der Waals surface area (Å²) in [4.78, 5) is 4.34. The Morgan fingerprint density at radius 3 is 2.92 bits per heavy atom. The SMILES string of the molecule is CCNC(CSC)c1nccn1C. The van der Waals surface area contributed by atoms with Crippen molar-refractivity contribution < 1.29 is 0 Å². The number of nitrogens with one attached hydrogen (secondary N) is 1. The van der Waals surface area contributed by atoms with Gasteiger partial charge in [-0.25, -0.2) is 4.98 Å². The van der Waals surface area contributed by atoms with E-state index in [0.717, 1.165) is 18.1 Å². The van der Waals surface area contributed by atoms with Crippen LogP contribution >= 0.6 is 11.8 Å². The van der Waals surface area contributed by atoms with Crippen LogP contribution in [0.15, 0.2) is 12.4 Å². The number of nitrogens with zero attached hydrogens (tertiary/aromatic N) is 2. The topological polar surface area (TPSA) is 29.9 Å². The third-order valence-corrected chi connectivity index (χ3v) is 2.62. The third kappa shape index (κ3) is 2.74. The van der Waals surface area contributed by atoms with Crippen LogP contribution in [0.3, 0.4) is 0 Å². The maximum Gasteiger partial charge on any atom is 0.126 e. The van der Waals surface area contributed by atoms with Crippen molar-refractivity contribution in [2.45, 2.75) is 13.0 Å². The first-order valence-electron chi connectivity index (χ1n) is 4.49. The van der Waals surface area contributed by atoms with Gasteiger partial charge < -0.3 is 9.88 Å². The van der Waals surface area contributed by atoms with Crippen LogP contribution in [-0.4, -0.2) is 28.1 Å². The molecule has 0 saturated heterocycles. The summed E-state index contributed by atoms with van der Waals surface area (Å²) in [5, 5.41) is 3.42. The lowest BCUT2D eigenvalue weighted by Crippen LogP contribution is -2.25. The molecule has 0 radical (unpaired) electrons. The van der Waals surface area contributed by atoms with Crippen LogP contribution < -0.4 is 5.32 Å². The fourth-order valence-electron chi connectivity index (χ4n) is 1.35. The first-order valence-corrected chi connectivity index (χ1v) is 5.88. The van der Waals surface area contributed by atoms with Gasteiger partial charge in [0.1, 0.15) is 5.82 Å². The molecule has 0 fully saturated rings. The molecule has 0 saturated carbocycles. The van der Waals surface area contributed by atoms with Crippen molar-refractivity contribution in [3.05, 3.63) is 18.2 Å². The molecule has 0 amide bonds.